The van der Waals surface area contributed by atoms with Crippen LogP contribution in [0.2, 0.25) is 0 Å². The van der Waals surface area contributed by atoms with Gasteiger partial charge in [0.2, 0.25) is 21.8 Å². The summed E-state index contributed by atoms with van der Waals surface area (Å²) < 4.78 is 27.6. The van der Waals surface area contributed by atoms with Gasteiger partial charge in [0.25, 0.3) is 0 Å². The maximum atomic E-state index is 13.3. The van der Waals surface area contributed by atoms with E-state index in [0.717, 1.165) is 12.8 Å². The molecule has 174 valence electrons. The van der Waals surface area contributed by atoms with Gasteiger partial charge in [-0.05, 0) is 37.8 Å². The zero-order valence-corrected chi connectivity index (χ0v) is 19.7. The zero-order chi connectivity index (χ0) is 23.0. The van der Waals surface area contributed by atoms with Crippen LogP contribution in [0.5, 0.6) is 0 Å². The second-order valence-electron chi connectivity index (χ2n) is 8.40. The van der Waals surface area contributed by atoms with E-state index in [1.165, 1.54) is 0 Å². The molecule has 31 heavy (non-hydrogen) atoms. The lowest BCUT2D eigenvalue weighted by Gasteiger charge is -2.32. The Labute approximate surface area is 186 Å². The molecule has 2 amide bonds. The maximum Gasteiger partial charge on any atom is 0.245 e. The van der Waals surface area contributed by atoms with Gasteiger partial charge >= 0.3 is 0 Å². The lowest BCUT2D eigenvalue weighted by Crippen LogP contribution is -2.56. The number of carbonyl (C=O) groups is 2. The third kappa shape index (κ3) is 7.29. The van der Waals surface area contributed by atoms with Gasteiger partial charge in [-0.1, -0.05) is 51.1 Å². The van der Waals surface area contributed by atoms with Crippen LogP contribution < -0.4 is 15.4 Å². The zero-order valence-electron chi connectivity index (χ0n) is 18.9. The van der Waals surface area contributed by atoms with E-state index >= 15 is 0 Å². The van der Waals surface area contributed by atoms with E-state index in [4.69, 9.17) is 0 Å². The van der Waals surface area contributed by atoms with Gasteiger partial charge in [-0.25, -0.2) is 13.1 Å². The fraction of sp³-hybridized carbons (Fsp3) is 0.636. The molecule has 1 saturated heterocycles. The van der Waals surface area contributed by atoms with E-state index in [1.54, 1.807) is 36.2 Å². The Kier molecular flexibility index (Phi) is 9.46. The van der Waals surface area contributed by atoms with Gasteiger partial charge in [0, 0.05) is 19.1 Å². The molecular formula is C22H36N4O4S. The van der Waals surface area contributed by atoms with Gasteiger partial charge in [0.1, 0.15) is 6.04 Å². The molecule has 1 aliphatic heterocycles. The van der Waals surface area contributed by atoms with Crippen molar-refractivity contribution in [2.45, 2.75) is 63.9 Å². The Bertz CT molecular complexity index is 825. The van der Waals surface area contributed by atoms with Crippen molar-refractivity contribution < 1.29 is 18.0 Å². The van der Waals surface area contributed by atoms with Gasteiger partial charge < -0.3 is 15.5 Å². The summed E-state index contributed by atoms with van der Waals surface area (Å²) in [5, 5.41) is 5.85. The molecular weight excluding hydrogens is 416 g/mol. The quantitative estimate of drug-likeness (QED) is 0.468. The molecule has 1 aromatic carbocycles. The smallest absolute Gasteiger partial charge is 0.245 e. The van der Waals surface area contributed by atoms with Crippen LogP contribution >= 0.6 is 0 Å². The first-order valence-electron chi connectivity index (χ1n) is 11.0. The molecule has 0 bridgehead atoms. The van der Waals surface area contributed by atoms with Crippen molar-refractivity contribution in [2.24, 2.45) is 5.92 Å². The Morgan fingerprint density at radius 1 is 1.19 bits per heavy atom. The number of rotatable bonds is 11. The summed E-state index contributed by atoms with van der Waals surface area (Å²) in [6, 6.07) is 7.78. The third-order valence-electron chi connectivity index (χ3n) is 5.70. The molecule has 0 saturated carbocycles. The van der Waals surface area contributed by atoms with E-state index in [-0.39, 0.29) is 42.1 Å². The van der Waals surface area contributed by atoms with Crippen molar-refractivity contribution in [2.75, 3.05) is 20.1 Å². The van der Waals surface area contributed by atoms with Gasteiger partial charge in [-0.2, -0.15) is 0 Å². The van der Waals surface area contributed by atoms with Crippen LogP contribution in [0.1, 0.15) is 45.6 Å². The van der Waals surface area contributed by atoms with Crippen LogP contribution in [-0.4, -0.2) is 63.4 Å². The number of nitrogens with zero attached hydrogens (tertiary/aromatic N) is 1. The van der Waals surface area contributed by atoms with Gasteiger partial charge in [0.05, 0.1) is 11.8 Å². The second kappa shape index (κ2) is 11.6. The summed E-state index contributed by atoms with van der Waals surface area (Å²) in [6.07, 6.45) is 2.16. The maximum absolute atomic E-state index is 13.3. The molecule has 8 nitrogen and oxygen atoms in total. The molecule has 2 rings (SSSR count). The average molecular weight is 453 g/mol. The van der Waals surface area contributed by atoms with Crippen LogP contribution in [0.3, 0.4) is 0 Å². The van der Waals surface area contributed by atoms with Gasteiger partial charge in [0.15, 0.2) is 0 Å². The summed E-state index contributed by atoms with van der Waals surface area (Å²) in [7, 11) is -1.79. The SMILES string of the molecule is CC[C@H](NC)C(=O)N[C@H](C(=O)N1CCCC1CNS(=O)(=O)Cc1ccccc1)C(C)C. The summed E-state index contributed by atoms with van der Waals surface area (Å²) >= 11 is 0. The molecule has 1 aliphatic rings. The third-order valence-corrected chi connectivity index (χ3v) is 7.02. The molecule has 0 radical (unpaired) electrons. The van der Waals surface area contributed by atoms with E-state index in [1.807, 2.05) is 26.8 Å². The number of sulfonamides is 1. The highest BCUT2D eigenvalue weighted by atomic mass is 32.2. The van der Waals surface area contributed by atoms with Crippen molar-refractivity contribution in [1.29, 1.82) is 0 Å². The number of amides is 2. The summed E-state index contributed by atoms with van der Waals surface area (Å²) in [4.78, 5) is 27.5. The van der Waals surface area contributed by atoms with E-state index in [9.17, 15) is 18.0 Å². The molecule has 1 fully saturated rings. The largest absolute Gasteiger partial charge is 0.343 e. The van der Waals surface area contributed by atoms with Crippen LogP contribution in [0, 0.1) is 5.92 Å². The standard InChI is InChI=1S/C22H36N4O4S/c1-5-19(23-4)21(27)25-20(16(2)3)22(28)26-13-9-12-18(26)14-24-31(29,30)15-17-10-7-6-8-11-17/h6-8,10-11,16,18-20,23-24H,5,9,12-15H2,1-4H3,(H,25,27)/t18?,19-,20-/m0/s1. The van der Waals surface area contributed by atoms with Crippen molar-refractivity contribution in [1.82, 2.24) is 20.3 Å². The minimum Gasteiger partial charge on any atom is -0.343 e. The van der Waals surface area contributed by atoms with E-state index in [0.29, 0.717) is 18.5 Å². The minimum absolute atomic E-state index is 0.0816. The molecule has 1 heterocycles. The molecule has 1 unspecified atom stereocenters. The van der Waals surface area contributed by atoms with Crippen LogP contribution in [0.4, 0.5) is 0 Å². The van der Waals surface area contributed by atoms with Crippen LogP contribution in [-0.2, 0) is 25.4 Å². The summed E-state index contributed by atoms with van der Waals surface area (Å²) in [5.74, 6) is -0.529. The van der Waals surface area contributed by atoms with Crippen molar-refractivity contribution in [3.05, 3.63) is 35.9 Å². The number of nitrogens with one attached hydrogen (secondary N) is 3. The minimum atomic E-state index is -3.51. The predicted molar refractivity (Wildman–Crippen MR) is 122 cm³/mol. The Balaban J connectivity index is 2.01. The first-order chi connectivity index (χ1) is 14.7. The number of hydrogen-bond donors (Lipinski definition) is 3. The number of likely N-dealkylation sites (tertiary alicyclic amines) is 1. The van der Waals surface area contributed by atoms with Crippen molar-refractivity contribution in [3.63, 3.8) is 0 Å². The van der Waals surface area contributed by atoms with E-state index < -0.39 is 16.1 Å². The monoisotopic (exact) mass is 452 g/mol. The Morgan fingerprint density at radius 3 is 2.45 bits per heavy atom. The van der Waals surface area contributed by atoms with Gasteiger partial charge in [-0.3, -0.25) is 9.59 Å². The number of likely N-dealkylation sites (N-methyl/N-ethyl adjacent to an activating group) is 1. The Morgan fingerprint density at radius 2 is 1.87 bits per heavy atom. The lowest BCUT2D eigenvalue weighted by molar-refractivity contribution is -0.138. The normalized spacial score (nSPS) is 18.7. The lowest BCUT2D eigenvalue weighted by atomic mass is 10.0. The first kappa shape index (κ1) is 25.3. The van der Waals surface area contributed by atoms with Gasteiger partial charge in [-0.15, -0.1) is 0 Å². The molecule has 0 aromatic heterocycles. The fourth-order valence-electron chi connectivity index (χ4n) is 3.87. The number of hydrogen-bond acceptors (Lipinski definition) is 5. The number of carbonyl (C=O) groups excluding carboxylic acids is 2. The summed E-state index contributed by atoms with van der Waals surface area (Å²) in [5.41, 5.74) is 0.715. The van der Waals surface area contributed by atoms with Crippen LogP contribution in [0.15, 0.2) is 30.3 Å². The second-order valence-corrected chi connectivity index (χ2v) is 10.2. The number of benzene rings is 1. The highest BCUT2D eigenvalue weighted by Gasteiger charge is 2.36. The fourth-order valence-corrected chi connectivity index (χ4v) is 5.05. The van der Waals surface area contributed by atoms with E-state index in [2.05, 4.69) is 15.4 Å². The van der Waals surface area contributed by atoms with Crippen LogP contribution in [0.25, 0.3) is 0 Å². The molecule has 3 N–H and O–H groups in total. The first-order valence-corrected chi connectivity index (χ1v) is 12.6. The highest BCUT2D eigenvalue weighted by Crippen LogP contribution is 2.20. The topological polar surface area (TPSA) is 108 Å². The predicted octanol–water partition coefficient (Wildman–Crippen LogP) is 1.24. The summed E-state index contributed by atoms with van der Waals surface area (Å²) in [6.45, 7) is 6.44. The van der Waals surface area contributed by atoms with Crippen molar-refractivity contribution >= 4 is 21.8 Å². The van der Waals surface area contributed by atoms with Crippen molar-refractivity contribution in [3.8, 4) is 0 Å². The molecule has 1 aromatic rings. The Hall–Kier alpha value is -1.97. The molecule has 0 spiro atoms. The molecule has 0 aliphatic carbocycles. The molecule has 3 atom stereocenters. The average Bonchev–Trinajstić information content (AvgIpc) is 3.20. The highest BCUT2D eigenvalue weighted by molar-refractivity contribution is 7.88. The molecule has 9 heteroatoms.